The molecule has 0 heterocycles. The minimum absolute atomic E-state index is 0.113. The lowest BCUT2D eigenvalue weighted by Crippen LogP contribution is -2.21. The fraction of sp³-hybridized carbons (Fsp3) is 0.143. The zero-order chi connectivity index (χ0) is 16.9. The molecule has 0 radical (unpaired) electrons. The Morgan fingerprint density at radius 3 is 2.58 bits per heavy atom. The van der Waals surface area contributed by atoms with Crippen molar-refractivity contribution >= 4 is 22.4 Å². The summed E-state index contributed by atoms with van der Waals surface area (Å²) in [5.41, 5.74) is 6.65. The second-order valence-corrected chi connectivity index (χ2v) is 5.92. The van der Waals surface area contributed by atoms with E-state index in [0.29, 0.717) is 6.42 Å². The summed E-state index contributed by atoms with van der Waals surface area (Å²) in [4.78, 5) is 12.2. The summed E-state index contributed by atoms with van der Waals surface area (Å²) in [7, 11) is 0. The molecule has 0 aliphatic carbocycles. The fourth-order valence-electron chi connectivity index (χ4n) is 2.74. The Labute approximate surface area is 142 Å². The first-order chi connectivity index (χ1) is 11.6. The van der Waals surface area contributed by atoms with Crippen LogP contribution in [0, 0.1) is 6.92 Å². The monoisotopic (exact) mass is 316 g/mol. The van der Waals surface area contributed by atoms with Crippen molar-refractivity contribution in [1.82, 2.24) is 5.43 Å². The summed E-state index contributed by atoms with van der Waals surface area (Å²) in [5, 5.41) is 6.48. The molecule has 1 amide bonds. The molecule has 0 unspecified atom stereocenters. The third-order valence-corrected chi connectivity index (χ3v) is 4.02. The molecule has 0 saturated carbocycles. The van der Waals surface area contributed by atoms with Crippen LogP contribution in [0.5, 0.6) is 0 Å². The number of hydrogen-bond donors (Lipinski definition) is 1. The standard InChI is InChI=1S/C21H20N2O/c1-15-7-5-10-18(13-15)16(2)22-23-21(24)14-19-11-6-9-17-8-3-4-12-20(17)19/h3-13H,14H2,1-2H3,(H,23,24). The minimum Gasteiger partial charge on any atom is -0.273 e. The molecule has 0 bridgehead atoms. The van der Waals surface area contributed by atoms with Gasteiger partial charge in [-0.3, -0.25) is 4.79 Å². The fourth-order valence-corrected chi connectivity index (χ4v) is 2.74. The second kappa shape index (κ2) is 7.09. The van der Waals surface area contributed by atoms with Gasteiger partial charge in [0.2, 0.25) is 5.91 Å². The highest BCUT2D eigenvalue weighted by atomic mass is 16.2. The third kappa shape index (κ3) is 3.69. The summed E-state index contributed by atoms with van der Waals surface area (Å²) < 4.78 is 0. The number of amides is 1. The molecular formula is C21H20N2O. The number of hydrazone groups is 1. The molecule has 0 saturated heterocycles. The van der Waals surface area contributed by atoms with Gasteiger partial charge in [0.25, 0.3) is 0 Å². The summed E-state index contributed by atoms with van der Waals surface area (Å²) in [6.45, 7) is 3.93. The van der Waals surface area contributed by atoms with E-state index in [1.165, 1.54) is 5.56 Å². The first kappa shape index (κ1) is 15.9. The Morgan fingerprint density at radius 1 is 1.00 bits per heavy atom. The van der Waals surface area contributed by atoms with Crippen LogP contribution in [0.15, 0.2) is 71.8 Å². The number of hydrogen-bond acceptors (Lipinski definition) is 2. The van der Waals surface area contributed by atoms with Gasteiger partial charge in [-0.2, -0.15) is 5.10 Å². The van der Waals surface area contributed by atoms with Gasteiger partial charge in [0, 0.05) is 0 Å². The van der Waals surface area contributed by atoms with Gasteiger partial charge >= 0.3 is 0 Å². The van der Waals surface area contributed by atoms with Crippen LogP contribution in [0.1, 0.15) is 23.6 Å². The van der Waals surface area contributed by atoms with Gasteiger partial charge in [-0.05, 0) is 35.7 Å². The summed E-state index contributed by atoms with van der Waals surface area (Å²) in [6.07, 6.45) is 0.311. The molecule has 120 valence electrons. The van der Waals surface area contributed by atoms with Gasteiger partial charge in [0.15, 0.2) is 0 Å². The highest BCUT2D eigenvalue weighted by Gasteiger charge is 2.06. The van der Waals surface area contributed by atoms with Crippen molar-refractivity contribution in [2.45, 2.75) is 20.3 Å². The molecule has 3 heteroatoms. The zero-order valence-electron chi connectivity index (χ0n) is 13.9. The van der Waals surface area contributed by atoms with Gasteiger partial charge in [0.1, 0.15) is 0 Å². The van der Waals surface area contributed by atoms with Gasteiger partial charge in [-0.1, -0.05) is 72.3 Å². The van der Waals surface area contributed by atoms with Crippen molar-refractivity contribution in [1.29, 1.82) is 0 Å². The van der Waals surface area contributed by atoms with Gasteiger partial charge in [-0.15, -0.1) is 0 Å². The van der Waals surface area contributed by atoms with E-state index in [4.69, 9.17) is 0 Å². The van der Waals surface area contributed by atoms with Crippen molar-refractivity contribution in [3.05, 3.63) is 83.4 Å². The van der Waals surface area contributed by atoms with Crippen LogP contribution in [0.2, 0.25) is 0 Å². The molecule has 0 aromatic heterocycles. The Balaban J connectivity index is 1.72. The van der Waals surface area contributed by atoms with Crippen molar-refractivity contribution < 1.29 is 4.79 Å². The predicted octanol–water partition coefficient (Wildman–Crippen LogP) is 4.23. The number of carbonyl (C=O) groups excluding carboxylic acids is 1. The van der Waals surface area contributed by atoms with Crippen LogP contribution in [-0.2, 0) is 11.2 Å². The number of rotatable bonds is 4. The Hall–Kier alpha value is -2.94. The number of carbonyl (C=O) groups is 1. The second-order valence-electron chi connectivity index (χ2n) is 5.92. The number of nitrogens with zero attached hydrogens (tertiary/aromatic N) is 1. The van der Waals surface area contributed by atoms with E-state index in [0.717, 1.165) is 27.6 Å². The van der Waals surface area contributed by atoms with E-state index in [1.807, 2.05) is 62.4 Å². The number of aryl methyl sites for hydroxylation is 1. The molecule has 3 aromatic carbocycles. The van der Waals surface area contributed by atoms with Crippen LogP contribution in [0.4, 0.5) is 0 Å². The Kier molecular flexibility index (Phi) is 4.71. The highest BCUT2D eigenvalue weighted by molar-refractivity contribution is 5.99. The summed E-state index contributed by atoms with van der Waals surface area (Å²) in [5.74, 6) is -0.113. The topological polar surface area (TPSA) is 41.5 Å². The predicted molar refractivity (Wildman–Crippen MR) is 99.2 cm³/mol. The van der Waals surface area contributed by atoms with E-state index in [1.54, 1.807) is 0 Å². The molecule has 3 nitrogen and oxygen atoms in total. The molecule has 3 rings (SSSR count). The van der Waals surface area contributed by atoms with Gasteiger partial charge in [0.05, 0.1) is 12.1 Å². The quantitative estimate of drug-likeness (QED) is 0.568. The lowest BCUT2D eigenvalue weighted by Gasteiger charge is -2.07. The number of benzene rings is 3. The van der Waals surface area contributed by atoms with E-state index < -0.39 is 0 Å². The van der Waals surface area contributed by atoms with Crippen LogP contribution < -0.4 is 5.43 Å². The summed E-state index contributed by atoms with van der Waals surface area (Å²) >= 11 is 0. The largest absolute Gasteiger partial charge is 0.273 e. The van der Waals surface area contributed by atoms with E-state index in [2.05, 4.69) is 28.7 Å². The normalized spacial score (nSPS) is 11.5. The number of fused-ring (bicyclic) bond motifs is 1. The maximum absolute atomic E-state index is 12.2. The van der Waals surface area contributed by atoms with E-state index in [9.17, 15) is 4.79 Å². The molecule has 0 spiro atoms. The highest BCUT2D eigenvalue weighted by Crippen LogP contribution is 2.18. The van der Waals surface area contributed by atoms with Gasteiger partial charge in [-0.25, -0.2) is 5.43 Å². The third-order valence-electron chi connectivity index (χ3n) is 4.02. The maximum Gasteiger partial charge on any atom is 0.244 e. The average Bonchev–Trinajstić information content (AvgIpc) is 2.60. The van der Waals surface area contributed by atoms with Crippen molar-refractivity contribution in [3.63, 3.8) is 0 Å². The van der Waals surface area contributed by atoms with Crippen molar-refractivity contribution in [2.75, 3.05) is 0 Å². The van der Waals surface area contributed by atoms with Crippen molar-refractivity contribution in [2.24, 2.45) is 5.10 Å². The zero-order valence-corrected chi connectivity index (χ0v) is 13.9. The van der Waals surface area contributed by atoms with Crippen LogP contribution in [0.3, 0.4) is 0 Å². The SMILES string of the molecule is CC(=NNC(=O)Cc1cccc2ccccc12)c1cccc(C)c1. The molecule has 0 fully saturated rings. The Bertz CT molecular complexity index is 907. The number of nitrogens with one attached hydrogen (secondary N) is 1. The van der Waals surface area contributed by atoms with E-state index in [-0.39, 0.29) is 5.91 Å². The molecule has 0 aliphatic rings. The summed E-state index contributed by atoms with van der Waals surface area (Å²) in [6, 6.07) is 22.2. The first-order valence-corrected chi connectivity index (χ1v) is 8.00. The molecule has 24 heavy (non-hydrogen) atoms. The molecule has 0 aliphatic heterocycles. The molecule has 0 atom stereocenters. The van der Waals surface area contributed by atoms with Crippen LogP contribution in [-0.4, -0.2) is 11.6 Å². The van der Waals surface area contributed by atoms with E-state index >= 15 is 0 Å². The minimum atomic E-state index is -0.113. The Morgan fingerprint density at radius 2 is 1.75 bits per heavy atom. The van der Waals surface area contributed by atoms with Gasteiger partial charge < -0.3 is 0 Å². The van der Waals surface area contributed by atoms with Crippen molar-refractivity contribution in [3.8, 4) is 0 Å². The molecular weight excluding hydrogens is 296 g/mol. The molecule has 3 aromatic rings. The first-order valence-electron chi connectivity index (χ1n) is 8.00. The lowest BCUT2D eigenvalue weighted by molar-refractivity contribution is -0.120. The van der Waals surface area contributed by atoms with Crippen LogP contribution in [0.25, 0.3) is 10.8 Å². The van der Waals surface area contributed by atoms with Crippen LogP contribution >= 0.6 is 0 Å². The lowest BCUT2D eigenvalue weighted by atomic mass is 10.0. The molecule has 1 N–H and O–H groups in total. The average molecular weight is 316 g/mol. The maximum atomic E-state index is 12.2. The smallest absolute Gasteiger partial charge is 0.244 e.